The number of hydrogen-bond acceptors (Lipinski definition) is 2. The molecular formula is C21H27NO. The second-order valence-corrected chi connectivity index (χ2v) is 6.77. The van der Waals surface area contributed by atoms with Gasteiger partial charge in [-0.15, -0.1) is 0 Å². The van der Waals surface area contributed by atoms with Gasteiger partial charge in [-0.1, -0.05) is 60.7 Å². The fourth-order valence-corrected chi connectivity index (χ4v) is 3.64. The topological polar surface area (TPSA) is 23.5 Å². The van der Waals surface area contributed by atoms with Crippen LogP contribution in [0, 0.1) is 5.92 Å². The molecule has 1 fully saturated rings. The van der Waals surface area contributed by atoms with Crippen molar-refractivity contribution < 1.29 is 5.11 Å². The molecular weight excluding hydrogens is 282 g/mol. The Bertz CT molecular complexity index is 575. The second-order valence-electron chi connectivity index (χ2n) is 6.77. The van der Waals surface area contributed by atoms with Crippen molar-refractivity contribution in [2.24, 2.45) is 5.92 Å². The summed E-state index contributed by atoms with van der Waals surface area (Å²) in [5.74, 6) is 0.773. The van der Waals surface area contributed by atoms with Crippen molar-refractivity contribution in [3.8, 4) is 0 Å². The molecule has 2 atom stereocenters. The molecule has 1 aliphatic rings. The number of rotatable bonds is 5. The lowest BCUT2D eigenvalue weighted by molar-refractivity contribution is 0.0373. The summed E-state index contributed by atoms with van der Waals surface area (Å²) in [7, 11) is 0. The number of likely N-dealkylation sites (tertiary alicyclic amines) is 1. The predicted octanol–water partition coefficient (Wildman–Crippen LogP) is 4.06. The summed E-state index contributed by atoms with van der Waals surface area (Å²) in [5, 5.41) is 10.6. The van der Waals surface area contributed by atoms with E-state index in [4.69, 9.17) is 0 Å². The zero-order valence-electron chi connectivity index (χ0n) is 13.9. The van der Waals surface area contributed by atoms with Crippen LogP contribution in [-0.2, 0) is 6.42 Å². The van der Waals surface area contributed by atoms with Gasteiger partial charge in [0.25, 0.3) is 0 Å². The van der Waals surface area contributed by atoms with Gasteiger partial charge in [-0.3, -0.25) is 4.90 Å². The molecule has 23 heavy (non-hydrogen) atoms. The lowest BCUT2D eigenvalue weighted by Crippen LogP contribution is -2.43. The van der Waals surface area contributed by atoms with E-state index in [-0.39, 0.29) is 6.04 Å². The highest BCUT2D eigenvalue weighted by molar-refractivity contribution is 5.19. The first-order chi connectivity index (χ1) is 11.2. The standard InChI is InChI=1S/C21H27NO/c1-17(21(23)20-10-6-3-7-11-20)22-14-12-19(13-15-22)16-18-8-4-2-5-9-18/h2-11,17,19,21,23H,12-16H2,1H3/t17-,21+/m0/s1. The first kappa shape index (κ1) is 16.2. The summed E-state index contributed by atoms with van der Waals surface area (Å²) in [5.41, 5.74) is 2.47. The van der Waals surface area contributed by atoms with Crippen molar-refractivity contribution in [3.63, 3.8) is 0 Å². The van der Waals surface area contributed by atoms with Gasteiger partial charge in [0.1, 0.15) is 0 Å². The molecule has 0 saturated carbocycles. The molecule has 0 spiro atoms. The maximum atomic E-state index is 10.6. The van der Waals surface area contributed by atoms with Crippen molar-refractivity contribution in [3.05, 3.63) is 71.8 Å². The molecule has 0 aliphatic carbocycles. The van der Waals surface area contributed by atoms with Crippen molar-refractivity contribution in [1.29, 1.82) is 0 Å². The Morgan fingerprint density at radius 1 is 0.957 bits per heavy atom. The van der Waals surface area contributed by atoms with Gasteiger partial charge in [-0.25, -0.2) is 0 Å². The van der Waals surface area contributed by atoms with Crippen LogP contribution in [-0.4, -0.2) is 29.1 Å². The second kappa shape index (κ2) is 7.76. The Hall–Kier alpha value is -1.64. The highest BCUT2D eigenvalue weighted by Crippen LogP contribution is 2.27. The molecule has 0 bridgehead atoms. The van der Waals surface area contributed by atoms with E-state index in [0.29, 0.717) is 0 Å². The maximum Gasteiger partial charge on any atom is 0.0942 e. The van der Waals surface area contributed by atoms with Gasteiger partial charge in [-0.2, -0.15) is 0 Å². The number of hydrogen-bond donors (Lipinski definition) is 1. The minimum absolute atomic E-state index is 0.176. The average molecular weight is 309 g/mol. The fraction of sp³-hybridized carbons (Fsp3) is 0.429. The third-order valence-corrected chi connectivity index (χ3v) is 5.19. The third-order valence-electron chi connectivity index (χ3n) is 5.19. The van der Waals surface area contributed by atoms with Gasteiger partial charge in [0.15, 0.2) is 0 Å². The van der Waals surface area contributed by atoms with E-state index in [2.05, 4.69) is 42.2 Å². The smallest absolute Gasteiger partial charge is 0.0942 e. The first-order valence-corrected chi connectivity index (χ1v) is 8.75. The molecule has 122 valence electrons. The number of benzene rings is 2. The normalized spacial score (nSPS) is 19.4. The summed E-state index contributed by atoms with van der Waals surface area (Å²) in [6.07, 6.45) is 3.23. The number of nitrogens with zero attached hydrogens (tertiary/aromatic N) is 1. The molecule has 2 nitrogen and oxygen atoms in total. The molecule has 2 heteroatoms. The van der Waals surface area contributed by atoms with Crippen LogP contribution in [0.5, 0.6) is 0 Å². The fourth-order valence-electron chi connectivity index (χ4n) is 3.64. The van der Waals surface area contributed by atoms with E-state index in [0.717, 1.165) is 24.6 Å². The van der Waals surface area contributed by atoms with Crippen LogP contribution in [0.1, 0.15) is 37.0 Å². The molecule has 0 unspecified atom stereocenters. The van der Waals surface area contributed by atoms with Gasteiger partial charge in [-0.05, 0) is 56.3 Å². The minimum atomic E-state index is -0.401. The quantitative estimate of drug-likeness (QED) is 0.900. The van der Waals surface area contributed by atoms with E-state index in [1.54, 1.807) is 0 Å². The molecule has 0 radical (unpaired) electrons. The van der Waals surface area contributed by atoms with Gasteiger partial charge < -0.3 is 5.11 Å². The minimum Gasteiger partial charge on any atom is -0.387 e. The summed E-state index contributed by atoms with van der Waals surface area (Å²) in [4.78, 5) is 2.44. The molecule has 2 aromatic carbocycles. The first-order valence-electron chi connectivity index (χ1n) is 8.75. The van der Waals surface area contributed by atoms with Crippen LogP contribution in [0.15, 0.2) is 60.7 Å². The van der Waals surface area contributed by atoms with Crippen LogP contribution in [0.3, 0.4) is 0 Å². The lowest BCUT2D eigenvalue weighted by Gasteiger charge is -2.38. The molecule has 1 heterocycles. The van der Waals surface area contributed by atoms with Crippen LogP contribution in [0.25, 0.3) is 0 Å². The Balaban J connectivity index is 1.52. The third kappa shape index (κ3) is 4.21. The predicted molar refractivity (Wildman–Crippen MR) is 95.3 cm³/mol. The Morgan fingerprint density at radius 2 is 1.52 bits per heavy atom. The number of aliphatic hydroxyl groups is 1. The van der Waals surface area contributed by atoms with Crippen molar-refractivity contribution >= 4 is 0 Å². The van der Waals surface area contributed by atoms with E-state index in [1.165, 1.54) is 24.8 Å². The SMILES string of the molecule is C[C@@H]([C@@H](O)c1ccccc1)N1CCC(Cc2ccccc2)CC1. The number of aliphatic hydroxyl groups excluding tert-OH is 1. The van der Waals surface area contributed by atoms with E-state index >= 15 is 0 Å². The number of piperidine rings is 1. The average Bonchev–Trinajstić information content (AvgIpc) is 2.63. The molecule has 2 aromatic rings. The molecule has 0 aromatic heterocycles. The van der Waals surface area contributed by atoms with Gasteiger partial charge >= 0.3 is 0 Å². The Morgan fingerprint density at radius 3 is 2.13 bits per heavy atom. The van der Waals surface area contributed by atoms with Gasteiger partial charge in [0.2, 0.25) is 0 Å². The molecule has 0 amide bonds. The summed E-state index contributed by atoms with van der Waals surface area (Å²) < 4.78 is 0. The van der Waals surface area contributed by atoms with Crippen LogP contribution in [0.2, 0.25) is 0 Å². The largest absolute Gasteiger partial charge is 0.387 e. The van der Waals surface area contributed by atoms with Crippen molar-refractivity contribution in [1.82, 2.24) is 4.90 Å². The van der Waals surface area contributed by atoms with E-state index in [9.17, 15) is 5.11 Å². The highest BCUT2D eigenvalue weighted by Gasteiger charge is 2.27. The molecule has 1 N–H and O–H groups in total. The zero-order valence-corrected chi connectivity index (χ0v) is 13.9. The van der Waals surface area contributed by atoms with Gasteiger partial charge in [0.05, 0.1) is 6.10 Å². The van der Waals surface area contributed by atoms with Crippen LogP contribution < -0.4 is 0 Å². The van der Waals surface area contributed by atoms with Gasteiger partial charge in [0, 0.05) is 6.04 Å². The summed E-state index contributed by atoms with van der Waals surface area (Å²) in [6, 6.07) is 21.0. The highest BCUT2D eigenvalue weighted by atomic mass is 16.3. The lowest BCUT2D eigenvalue weighted by atomic mass is 9.89. The van der Waals surface area contributed by atoms with E-state index < -0.39 is 6.10 Å². The van der Waals surface area contributed by atoms with Crippen LogP contribution >= 0.6 is 0 Å². The molecule has 1 aliphatic heterocycles. The zero-order chi connectivity index (χ0) is 16.1. The monoisotopic (exact) mass is 309 g/mol. The van der Waals surface area contributed by atoms with Crippen LogP contribution in [0.4, 0.5) is 0 Å². The summed E-state index contributed by atoms with van der Waals surface area (Å²) >= 11 is 0. The Labute approximate surface area is 139 Å². The summed E-state index contributed by atoms with van der Waals surface area (Å²) in [6.45, 7) is 4.32. The molecule has 1 saturated heterocycles. The van der Waals surface area contributed by atoms with E-state index in [1.807, 2.05) is 30.3 Å². The maximum absolute atomic E-state index is 10.6. The van der Waals surface area contributed by atoms with Crippen molar-refractivity contribution in [2.45, 2.75) is 38.3 Å². The van der Waals surface area contributed by atoms with Crippen molar-refractivity contribution in [2.75, 3.05) is 13.1 Å². The molecule has 3 rings (SSSR count). The Kier molecular flexibility index (Phi) is 5.47.